The summed E-state index contributed by atoms with van der Waals surface area (Å²) in [7, 11) is 0. The molecule has 0 spiro atoms. The maximum absolute atomic E-state index is 8.96. The molecular weight excluding hydrogens is 231 g/mol. The van der Waals surface area contributed by atoms with Gasteiger partial charge in [0.25, 0.3) is 0 Å². The van der Waals surface area contributed by atoms with E-state index in [4.69, 9.17) is 10.2 Å². The van der Waals surface area contributed by atoms with Crippen LogP contribution in [-0.2, 0) is 0 Å². The lowest BCUT2D eigenvalue weighted by Crippen LogP contribution is -2.27. The average molecular weight is 244 g/mol. The molecule has 2 N–H and O–H groups in total. The Labute approximate surface area is 69.4 Å². The topological polar surface area (TPSA) is 40.5 Å². The Morgan fingerprint density at radius 3 is 2.11 bits per heavy atom. The summed E-state index contributed by atoms with van der Waals surface area (Å²) in [4.78, 5) is 0. The van der Waals surface area contributed by atoms with Crippen LogP contribution in [0.25, 0.3) is 0 Å². The molecule has 1 atom stereocenters. The van der Waals surface area contributed by atoms with Crippen LogP contribution in [0.3, 0.4) is 0 Å². The minimum Gasteiger partial charge on any atom is -0.357 e. The van der Waals surface area contributed by atoms with Crippen molar-refractivity contribution in [2.24, 2.45) is 5.92 Å². The highest BCUT2D eigenvalue weighted by Gasteiger charge is 2.25. The first kappa shape index (κ1) is 9.65. The maximum atomic E-state index is 8.96. The van der Waals surface area contributed by atoms with Gasteiger partial charge in [0.1, 0.15) is 0 Å². The van der Waals surface area contributed by atoms with Gasteiger partial charge in [0.15, 0.2) is 0 Å². The van der Waals surface area contributed by atoms with Gasteiger partial charge in [-0.25, -0.2) is 0 Å². The van der Waals surface area contributed by atoms with Crippen molar-refractivity contribution in [3.8, 4) is 0 Å². The van der Waals surface area contributed by atoms with Gasteiger partial charge in [0, 0.05) is 5.92 Å². The number of halogens is 1. The maximum Gasteiger partial charge on any atom is 0.219 e. The van der Waals surface area contributed by atoms with Gasteiger partial charge in [0.05, 0.1) is 0 Å². The van der Waals surface area contributed by atoms with Crippen LogP contribution in [0, 0.1) is 5.92 Å². The van der Waals surface area contributed by atoms with E-state index < -0.39 is 3.79 Å². The molecule has 9 heavy (non-hydrogen) atoms. The molecule has 0 aromatic rings. The Kier molecular flexibility index (Phi) is 4.00. The Morgan fingerprint density at radius 2 is 2.00 bits per heavy atom. The lowest BCUT2D eigenvalue weighted by Gasteiger charge is -2.21. The van der Waals surface area contributed by atoms with E-state index in [1.54, 1.807) is 22.6 Å². The summed E-state index contributed by atoms with van der Waals surface area (Å²) in [6.07, 6.45) is 1.85. The van der Waals surface area contributed by atoms with Gasteiger partial charge in [-0.3, -0.25) is 0 Å². The molecule has 0 saturated heterocycles. The molecule has 0 aliphatic heterocycles. The van der Waals surface area contributed by atoms with Crippen molar-refractivity contribution in [3.63, 3.8) is 0 Å². The van der Waals surface area contributed by atoms with E-state index in [9.17, 15) is 0 Å². The van der Waals surface area contributed by atoms with Crippen LogP contribution < -0.4 is 0 Å². The van der Waals surface area contributed by atoms with Crippen molar-refractivity contribution in [1.29, 1.82) is 0 Å². The SMILES string of the molecule is CCCC(C)C(O)(O)I. The third kappa shape index (κ3) is 4.11. The molecule has 0 aromatic carbocycles. The summed E-state index contributed by atoms with van der Waals surface area (Å²) < 4.78 is -1.52. The van der Waals surface area contributed by atoms with Crippen molar-refractivity contribution in [1.82, 2.24) is 0 Å². The van der Waals surface area contributed by atoms with Crippen molar-refractivity contribution < 1.29 is 10.2 Å². The highest BCUT2D eigenvalue weighted by atomic mass is 127. The molecule has 0 fully saturated rings. The summed E-state index contributed by atoms with van der Waals surface area (Å²) in [6.45, 7) is 3.86. The smallest absolute Gasteiger partial charge is 0.219 e. The van der Waals surface area contributed by atoms with E-state index in [1.165, 1.54) is 0 Å². The number of hydrogen-bond donors (Lipinski definition) is 2. The number of alkyl halides is 1. The molecule has 3 heteroatoms. The molecule has 0 radical (unpaired) electrons. The van der Waals surface area contributed by atoms with Gasteiger partial charge in [-0.15, -0.1) is 0 Å². The van der Waals surface area contributed by atoms with Crippen LogP contribution in [0.5, 0.6) is 0 Å². The van der Waals surface area contributed by atoms with Gasteiger partial charge >= 0.3 is 0 Å². The summed E-state index contributed by atoms with van der Waals surface area (Å²) in [6, 6.07) is 0. The Bertz CT molecular complexity index is 77.6. The quantitative estimate of drug-likeness (QED) is 0.448. The first-order valence-electron chi connectivity index (χ1n) is 3.12. The number of rotatable bonds is 3. The van der Waals surface area contributed by atoms with Crippen molar-refractivity contribution >= 4 is 22.6 Å². The molecule has 0 saturated carbocycles. The Morgan fingerprint density at radius 1 is 1.56 bits per heavy atom. The lowest BCUT2D eigenvalue weighted by atomic mass is 10.1. The molecule has 0 heterocycles. The van der Waals surface area contributed by atoms with Crippen LogP contribution in [0.1, 0.15) is 26.7 Å². The number of hydrogen-bond acceptors (Lipinski definition) is 2. The molecule has 0 rings (SSSR count). The Balaban J connectivity index is 3.59. The van der Waals surface area contributed by atoms with E-state index in [1.807, 2.05) is 13.8 Å². The molecule has 0 aliphatic carbocycles. The molecule has 56 valence electrons. The van der Waals surface area contributed by atoms with Crippen LogP contribution in [0.4, 0.5) is 0 Å². The summed E-state index contributed by atoms with van der Waals surface area (Å²) in [5.41, 5.74) is 0. The molecule has 2 nitrogen and oxygen atoms in total. The van der Waals surface area contributed by atoms with Gasteiger partial charge < -0.3 is 10.2 Å². The van der Waals surface area contributed by atoms with Gasteiger partial charge in [0.2, 0.25) is 3.79 Å². The van der Waals surface area contributed by atoms with E-state index in [0.29, 0.717) is 0 Å². The highest BCUT2D eigenvalue weighted by Crippen LogP contribution is 2.25. The fourth-order valence-electron chi connectivity index (χ4n) is 0.617. The van der Waals surface area contributed by atoms with Crippen LogP contribution >= 0.6 is 22.6 Å². The fourth-order valence-corrected chi connectivity index (χ4v) is 0.928. The lowest BCUT2D eigenvalue weighted by molar-refractivity contribution is -0.0985. The second-order valence-electron chi connectivity index (χ2n) is 2.33. The molecule has 1 unspecified atom stereocenters. The van der Waals surface area contributed by atoms with Crippen LogP contribution in [0.15, 0.2) is 0 Å². The standard InChI is InChI=1S/C6H13IO2/c1-3-4-5(2)6(7,8)9/h5,8-9H,3-4H2,1-2H3. The highest BCUT2D eigenvalue weighted by molar-refractivity contribution is 14.1. The predicted octanol–water partition coefficient (Wildman–Crippen LogP) is 1.50. The molecule has 0 aliphatic rings. The van der Waals surface area contributed by atoms with Crippen molar-refractivity contribution in [2.45, 2.75) is 30.5 Å². The third-order valence-electron chi connectivity index (χ3n) is 1.35. The summed E-state index contributed by atoms with van der Waals surface area (Å²) in [5.74, 6) is -0.0388. The minimum absolute atomic E-state index is 0.0388. The Hall–Kier alpha value is 0.650. The third-order valence-corrected chi connectivity index (χ3v) is 2.41. The van der Waals surface area contributed by atoms with E-state index in [0.717, 1.165) is 12.8 Å². The average Bonchev–Trinajstić information content (AvgIpc) is 1.64. The summed E-state index contributed by atoms with van der Waals surface area (Å²) in [5, 5.41) is 17.9. The second kappa shape index (κ2) is 3.73. The predicted molar refractivity (Wildman–Crippen MR) is 45.3 cm³/mol. The van der Waals surface area contributed by atoms with E-state index in [2.05, 4.69) is 0 Å². The molecule has 0 aromatic heterocycles. The zero-order valence-electron chi connectivity index (χ0n) is 5.76. The molecule has 0 bridgehead atoms. The minimum atomic E-state index is -1.52. The van der Waals surface area contributed by atoms with Gasteiger partial charge in [-0.1, -0.05) is 20.3 Å². The molecular formula is C6H13IO2. The summed E-state index contributed by atoms with van der Waals surface area (Å²) >= 11 is 1.64. The molecule has 0 amide bonds. The van der Waals surface area contributed by atoms with E-state index in [-0.39, 0.29) is 5.92 Å². The van der Waals surface area contributed by atoms with E-state index >= 15 is 0 Å². The van der Waals surface area contributed by atoms with Crippen molar-refractivity contribution in [2.75, 3.05) is 0 Å². The van der Waals surface area contributed by atoms with Crippen molar-refractivity contribution in [3.05, 3.63) is 0 Å². The largest absolute Gasteiger partial charge is 0.357 e. The zero-order valence-corrected chi connectivity index (χ0v) is 7.92. The zero-order chi connectivity index (χ0) is 7.49. The number of aliphatic hydroxyl groups is 2. The monoisotopic (exact) mass is 244 g/mol. The second-order valence-corrected chi connectivity index (χ2v) is 3.91. The first-order valence-corrected chi connectivity index (χ1v) is 4.20. The van der Waals surface area contributed by atoms with Gasteiger partial charge in [-0.2, -0.15) is 0 Å². The van der Waals surface area contributed by atoms with Crippen LogP contribution in [0.2, 0.25) is 0 Å². The first-order chi connectivity index (χ1) is 3.98. The van der Waals surface area contributed by atoms with Crippen LogP contribution in [-0.4, -0.2) is 14.0 Å². The van der Waals surface area contributed by atoms with Gasteiger partial charge in [-0.05, 0) is 29.0 Å². The fraction of sp³-hybridized carbons (Fsp3) is 1.00. The normalized spacial score (nSPS) is 15.7.